The molecule has 0 heterocycles. The van der Waals surface area contributed by atoms with Gasteiger partial charge in [-0.1, -0.05) is 53.1 Å². The molecule has 6 heteroatoms. The molecular weight excluding hydrogens is 436 g/mol. The van der Waals surface area contributed by atoms with E-state index >= 15 is 0 Å². The smallest absolute Gasteiger partial charge is 0.266 e. The van der Waals surface area contributed by atoms with Gasteiger partial charge >= 0.3 is 0 Å². The van der Waals surface area contributed by atoms with Crippen molar-refractivity contribution in [1.82, 2.24) is 0 Å². The van der Waals surface area contributed by atoms with Crippen LogP contribution in [0, 0.1) is 32.1 Å². The highest BCUT2D eigenvalue weighted by molar-refractivity contribution is 6.31. The van der Waals surface area contributed by atoms with E-state index in [1.54, 1.807) is 43.5 Å². The molecule has 0 aliphatic carbocycles. The van der Waals surface area contributed by atoms with Gasteiger partial charge in [-0.05, 0) is 67.8 Å². The second-order valence-corrected chi connectivity index (χ2v) is 8.21. The van der Waals surface area contributed by atoms with Gasteiger partial charge < -0.3 is 14.8 Å². The fourth-order valence-electron chi connectivity index (χ4n) is 3.44. The summed E-state index contributed by atoms with van der Waals surface area (Å²) in [5.41, 5.74) is 5.42. The van der Waals surface area contributed by atoms with Gasteiger partial charge in [-0.15, -0.1) is 0 Å². The number of halogens is 1. The third-order valence-corrected chi connectivity index (χ3v) is 5.22. The van der Waals surface area contributed by atoms with Gasteiger partial charge in [-0.3, -0.25) is 4.79 Å². The van der Waals surface area contributed by atoms with Crippen LogP contribution in [0.15, 0.2) is 60.2 Å². The van der Waals surface area contributed by atoms with Gasteiger partial charge in [0.25, 0.3) is 5.91 Å². The number of carbonyl (C=O) groups excluding carboxylic acids is 1. The molecule has 0 atom stereocenters. The summed E-state index contributed by atoms with van der Waals surface area (Å²) in [5.74, 6) is 0.569. The number of amides is 1. The van der Waals surface area contributed by atoms with Crippen molar-refractivity contribution in [2.75, 3.05) is 12.4 Å². The molecule has 0 fully saturated rings. The van der Waals surface area contributed by atoms with Crippen molar-refractivity contribution in [3.63, 3.8) is 0 Å². The van der Waals surface area contributed by atoms with Gasteiger partial charge in [-0.25, -0.2) is 0 Å². The molecule has 3 aromatic carbocycles. The summed E-state index contributed by atoms with van der Waals surface area (Å²) >= 11 is 6.02. The summed E-state index contributed by atoms with van der Waals surface area (Å²) in [6, 6.07) is 18.7. The predicted octanol–water partition coefficient (Wildman–Crippen LogP) is 6.40. The van der Waals surface area contributed by atoms with Crippen molar-refractivity contribution >= 4 is 29.3 Å². The van der Waals surface area contributed by atoms with E-state index in [-0.39, 0.29) is 5.57 Å². The van der Waals surface area contributed by atoms with Gasteiger partial charge in [0.1, 0.15) is 18.2 Å². The Kier molecular flexibility index (Phi) is 7.76. The number of carbonyl (C=O) groups is 1. The van der Waals surface area contributed by atoms with Crippen LogP contribution in [0.3, 0.4) is 0 Å². The van der Waals surface area contributed by atoms with Crippen LogP contribution in [0.25, 0.3) is 6.08 Å². The Hall–Kier alpha value is -3.75. The first-order valence-electron chi connectivity index (χ1n) is 10.4. The molecule has 0 saturated heterocycles. The number of methoxy groups -OCH3 is 1. The lowest BCUT2D eigenvalue weighted by Crippen LogP contribution is -2.14. The van der Waals surface area contributed by atoms with Crippen molar-refractivity contribution < 1.29 is 14.3 Å². The monoisotopic (exact) mass is 460 g/mol. The maximum absolute atomic E-state index is 12.6. The number of nitriles is 1. The minimum absolute atomic E-state index is 0.0414. The number of rotatable bonds is 7. The fraction of sp³-hybridized carbons (Fsp3) is 0.185. The van der Waals surface area contributed by atoms with Crippen molar-refractivity contribution in [3.05, 3.63) is 93.0 Å². The number of nitrogens with zero attached hydrogens (tertiary/aromatic N) is 1. The van der Waals surface area contributed by atoms with Crippen LogP contribution in [0.4, 0.5) is 5.69 Å². The highest BCUT2D eigenvalue weighted by Crippen LogP contribution is 2.30. The lowest BCUT2D eigenvalue weighted by molar-refractivity contribution is -0.112. The second kappa shape index (κ2) is 10.7. The number of hydrogen-bond donors (Lipinski definition) is 1. The molecule has 3 aromatic rings. The molecule has 0 spiro atoms. The molecule has 1 amide bonds. The van der Waals surface area contributed by atoms with Gasteiger partial charge in [0.2, 0.25) is 0 Å². The third-order valence-electron chi connectivity index (χ3n) is 4.99. The van der Waals surface area contributed by atoms with Gasteiger partial charge in [0, 0.05) is 10.7 Å². The summed E-state index contributed by atoms with van der Waals surface area (Å²) in [6.45, 7) is 6.35. The van der Waals surface area contributed by atoms with Crippen molar-refractivity contribution in [3.8, 4) is 17.6 Å². The number of hydrogen-bond acceptors (Lipinski definition) is 4. The Bertz CT molecular complexity index is 1240. The lowest BCUT2D eigenvalue weighted by Gasteiger charge is -2.12. The Morgan fingerprint density at radius 3 is 2.42 bits per heavy atom. The normalized spacial score (nSPS) is 11.0. The molecule has 0 bridgehead atoms. The van der Waals surface area contributed by atoms with E-state index in [1.807, 2.05) is 13.0 Å². The summed E-state index contributed by atoms with van der Waals surface area (Å²) < 4.78 is 11.4. The van der Waals surface area contributed by atoms with E-state index in [0.29, 0.717) is 34.4 Å². The molecule has 3 rings (SSSR count). The number of aryl methyl sites for hydroxylation is 3. The second-order valence-electron chi connectivity index (χ2n) is 7.78. The van der Waals surface area contributed by atoms with E-state index in [2.05, 4.69) is 37.4 Å². The number of ether oxygens (including phenoxy) is 2. The maximum atomic E-state index is 12.6. The lowest BCUT2D eigenvalue weighted by atomic mass is 10.1. The van der Waals surface area contributed by atoms with E-state index < -0.39 is 5.91 Å². The topological polar surface area (TPSA) is 71.3 Å². The number of benzene rings is 3. The van der Waals surface area contributed by atoms with Crippen LogP contribution in [0.5, 0.6) is 11.5 Å². The molecule has 0 radical (unpaired) electrons. The van der Waals surface area contributed by atoms with Crippen LogP contribution >= 0.6 is 11.6 Å². The molecular formula is C27H25ClN2O3. The average Bonchev–Trinajstić information content (AvgIpc) is 2.78. The number of nitrogens with one attached hydrogen (secondary N) is 1. The minimum Gasteiger partial charge on any atom is -0.493 e. The highest BCUT2D eigenvalue weighted by Gasteiger charge is 2.13. The van der Waals surface area contributed by atoms with Gasteiger partial charge in [0.15, 0.2) is 11.5 Å². The zero-order chi connectivity index (χ0) is 24.0. The highest BCUT2D eigenvalue weighted by atomic mass is 35.5. The van der Waals surface area contributed by atoms with E-state index in [9.17, 15) is 10.1 Å². The van der Waals surface area contributed by atoms with E-state index in [4.69, 9.17) is 21.1 Å². The molecule has 5 nitrogen and oxygen atoms in total. The minimum atomic E-state index is -0.517. The summed E-state index contributed by atoms with van der Waals surface area (Å²) in [6.07, 6.45) is 1.51. The van der Waals surface area contributed by atoms with Crippen molar-refractivity contribution in [2.45, 2.75) is 27.4 Å². The van der Waals surface area contributed by atoms with Crippen LogP contribution in [-0.2, 0) is 11.4 Å². The summed E-state index contributed by atoms with van der Waals surface area (Å²) in [5, 5.41) is 12.8. The quantitative estimate of drug-likeness (QED) is 0.327. The van der Waals surface area contributed by atoms with Crippen molar-refractivity contribution in [1.29, 1.82) is 5.26 Å². The molecule has 1 N–H and O–H groups in total. The predicted molar refractivity (Wildman–Crippen MR) is 132 cm³/mol. The molecule has 0 aliphatic rings. The first kappa shape index (κ1) is 23.9. The zero-order valence-corrected chi connectivity index (χ0v) is 19.8. The Morgan fingerprint density at radius 1 is 1.03 bits per heavy atom. The third kappa shape index (κ3) is 6.38. The van der Waals surface area contributed by atoms with Crippen LogP contribution in [-0.4, -0.2) is 13.0 Å². The van der Waals surface area contributed by atoms with Crippen LogP contribution in [0.1, 0.15) is 27.8 Å². The fourth-order valence-corrected chi connectivity index (χ4v) is 3.61. The molecule has 0 unspecified atom stereocenters. The Labute approximate surface area is 199 Å². The molecule has 0 aliphatic heterocycles. The summed E-state index contributed by atoms with van der Waals surface area (Å²) in [7, 11) is 1.55. The van der Waals surface area contributed by atoms with E-state index in [0.717, 1.165) is 11.1 Å². The Balaban J connectivity index is 1.78. The van der Waals surface area contributed by atoms with Gasteiger partial charge in [0.05, 0.1) is 7.11 Å². The van der Waals surface area contributed by atoms with Crippen LogP contribution in [0.2, 0.25) is 5.02 Å². The zero-order valence-electron chi connectivity index (χ0n) is 19.0. The van der Waals surface area contributed by atoms with Crippen molar-refractivity contribution in [2.24, 2.45) is 0 Å². The molecule has 33 heavy (non-hydrogen) atoms. The SMILES string of the molecule is COc1cc(/C=C(\C#N)C(=O)Nc2cc(Cl)ccc2C)ccc1OCc1cc(C)cc(C)c1. The first-order valence-corrected chi connectivity index (χ1v) is 10.7. The number of anilines is 1. The Morgan fingerprint density at radius 2 is 1.76 bits per heavy atom. The van der Waals surface area contributed by atoms with Crippen LogP contribution < -0.4 is 14.8 Å². The molecule has 0 aromatic heterocycles. The van der Waals surface area contributed by atoms with Gasteiger partial charge in [-0.2, -0.15) is 5.26 Å². The standard InChI is InChI=1S/C27H25ClN2O3/c1-17-9-18(2)11-21(10-17)16-33-25-8-6-20(13-26(25)32-4)12-22(15-29)27(31)30-24-14-23(28)7-5-19(24)3/h5-14H,16H2,1-4H3,(H,30,31)/b22-12+. The molecule has 168 valence electrons. The maximum Gasteiger partial charge on any atom is 0.266 e. The average molecular weight is 461 g/mol. The largest absolute Gasteiger partial charge is 0.493 e. The summed E-state index contributed by atoms with van der Waals surface area (Å²) in [4.78, 5) is 12.6. The first-order chi connectivity index (χ1) is 15.8. The van der Waals surface area contributed by atoms with E-state index in [1.165, 1.54) is 17.2 Å². The molecule has 0 saturated carbocycles.